The van der Waals surface area contributed by atoms with E-state index in [1.54, 1.807) is 28.2 Å². The van der Waals surface area contributed by atoms with E-state index in [4.69, 9.17) is 9.47 Å². The van der Waals surface area contributed by atoms with E-state index in [2.05, 4.69) is 4.98 Å². The van der Waals surface area contributed by atoms with Crippen LogP contribution in [0.4, 0.5) is 0 Å². The number of aromatic nitrogens is 2. The van der Waals surface area contributed by atoms with Crippen LogP contribution in [-0.2, 0) is 16.1 Å². The van der Waals surface area contributed by atoms with Crippen LogP contribution in [0.25, 0.3) is 0 Å². The van der Waals surface area contributed by atoms with Crippen molar-refractivity contribution in [1.82, 2.24) is 19.4 Å². The van der Waals surface area contributed by atoms with Crippen molar-refractivity contribution < 1.29 is 19.1 Å². The number of fused-ring (bicyclic) bond motifs is 2. The number of ether oxygens (including phenoxy) is 2. The number of carbonyl (C=O) groups excluding carboxylic acids is 2. The molecule has 2 amide bonds. The second-order valence-electron chi connectivity index (χ2n) is 9.10. The molecule has 0 N–H and O–H groups in total. The highest BCUT2D eigenvalue weighted by Gasteiger charge is 2.38. The maximum atomic E-state index is 13.3. The van der Waals surface area contributed by atoms with Crippen molar-refractivity contribution in [2.24, 2.45) is 0 Å². The predicted octanol–water partition coefficient (Wildman–Crippen LogP) is 3.37. The predicted molar refractivity (Wildman–Crippen MR) is 129 cm³/mol. The summed E-state index contributed by atoms with van der Waals surface area (Å²) in [5.41, 5.74) is 0.568. The van der Waals surface area contributed by atoms with E-state index in [9.17, 15) is 9.59 Å². The van der Waals surface area contributed by atoms with Crippen molar-refractivity contribution in [2.75, 3.05) is 32.8 Å². The van der Waals surface area contributed by atoms with Crippen LogP contribution in [0.2, 0.25) is 0 Å². The summed E-state index contributed by atoms with van der Waals surface area (Å²) in [7, 11) is 0. The molecule has 2 atom stereocenters. The van der Waals surface area contributed by atoms with E-state index in [0.29, 0.717) is 37.6 Å². The number of carbonyl (C=O) groups is 2. The minimum atomic E-state index is -0.330. The van der Waals surface area contributed by atoms with E-state index in [0.717, 1.165) is 32.2 Å². The Labute approximate surface area is 201 Å². The molecule has 8 nitrogen and oxygen atoms in total. The second-order valence-corrected chi connectivity index (χ2v) is 9.10. The molecular weight excluding hydrogens is 432 g/mol. The van der Waals surface area contributed by atoms with Gasteiger partial charge in [-0.2, -0.15) is 0 Å². The Morgan fingerprint density at radius 3 is 2.62 bits per heavy atom. The molecule has 0 aliphatic carbocycles. The van der Waals surface area contributed by atoms with E-state index >= 15 is 0 Å². The minimum absolute atomic E-state index is 0.00473. The number of nitrogens with zero attached hydrogens (tertiary/aromatic N) is 4. The molecule has 0 saturated carbocycles. The summed E-state index contributed by atoms with van der Waals surface area (Å²) < 4.78 is 14.4. The Hall–Kier alpha value is -2.87. The van der Waals surface area contributed by atoms with Crippen molar-refractivity contribution >= 4 is 11.8 Å². The van der Waals surface area contributed by atoms with Crippen LogP contribution in [0.3, 0.4) is 0 Å². The third kappa shape index (κ3) is 6.17. The highest BCUT2D eigenvalue weighted by molar-refractivity contribution is 5.97. The third-order valence-corrected chi connectivity index (χ3v) is 6.66. The first-order chi connectivity index (χ1) is 16.7. The molecule has 1 aromatic carbocycles. The van der Waals surface area contributed by atoms with Gasteiger partial charge in [0.2, 0.25) is 5.91 Å². The van der Waals surface area contributed by atoms with Crippen molar-refractivity contribution in [3.8, 4) is 5.75 Å². The Morgan fingerprint density at radius 1 is 1.06 bits per heavy atom. The number of para-hydroxylation sites is 1. The van der Waals surface area contributed by atoms with Crippen molar-refractivity contribution in [3.05, 3.63) is 48.5 Å². The summed E-state index contributed by atoms with van der Waals surface area (Å²) >= 11 is 0. The molecule has 8 heteroatoms. The standard InChI is InChI=1S/C26H36N4O4/c1-2-29-14-9-5-3-4-6-10-16-33-23-17-30(25(31)19-28-15-13-27-20-28)18-24(23)34-22-12-8-7-11-21(22)26(29)32/h7-8,11-13,15,20,23-24H,2-6,9-10,14,16-19H2,1H3/t23-,24-/m1/s1. The lowest BCUT2D eigenvalue weighted by molar-refractivity contribution is -0.131. The van der Waals surface area contributed by atoms with Crippen LogP contribution in [0, 0.1) is 0 Å². The van der Waals surface area contributed by atoms with E-state index in [1.807, 2.05) is 36.1 Å². The molecule has 0 bridgehead atoms. The van der Waals surface area contributed by atoms with Gasteiger partial charge in [0, 0.05) is 32.1 Å². The SMILES string of the molecule is CCN1CCCCCCCCO[C@@H]2CN(C(=O)Cn3ccnc3)C[C@H]2Oc2ccccc2C1=O. The lowest BCUT2D eigenvalue weighted by Gasteiger charge is -2.25. The molecule has 2 aromatic rings. The van der Waals surface area contributed by atoms with Crippen molar-refractivity contribution in [2.45, 2.75) is 64.2 Å². The quantitative estimate of drug-likeness (QED) is 0.690. The zero-order chi connectivity index (χ0) is 23.8. The summed E-state index contributed by atoms with van der Waals surface area (Å²) in [5.74, 6) is 0.555. The van der Waals surface area contributed by atoms with Gasteiger partial charge in [-0.25, -0.2) is 4.98 Å². The number of hydrogen-bond donors (Lipinski definition) is 0. The van der Waals surface area contributed by atoms with Gasteiger partial charge >= 0.3 is 0 Å². The first kappa shape index (κ1) is 24.3. The summed E-state index contributed by atoms with van der Waals surface area (Å²) in [4.78, 5) is 34.0. The number of amides is 2. The topological polar surface area (TPSA) is 76.9 Å². The molecule has 2 aliphatic heterocycles. The van der Waals surface area contributed by atoms with Crippen molar-refractivity contribution in [1.29, 1.82) is 0 Å². The number of likely N-dealkylation sites (tertiary alicyclic amines) is 1. The summed E-state index contributed by atoms with van der Waals surface area (Å²) in [6.07, 6.45) is 11.1. The number of hydrogen-bond acceptors (Lipinski definition) is 5. The van der Waals surface area contributed by atoms with Gasteiger partial charge in [0.15, 0.2) is 0 Å². The van der Waals surface area contributed by atoms with Crippen LogP contribution in [0.1, 0.15) is 55.8 Å². The average molecular weight is 469 g/mol. The first-order valence-electron chi connectivity index (χ1n) is 12.6. The zero-order valence-electron chi connectivity index (χ0n) is 20.1. The lowest BCUT2D eigenvalue weighted by atomic mass is 10.1. The molecule has 0 radical (unpaired) electrons. The van der Waals surface area contributed by atoms with Gasteiger partial charge in [0.05, 0.1) is 25.0 Å². The van der Waals surface area contributed by atoms with Gasteiger partial charge in [0.25, 0.3) is 5.91 Å². The van der Waals surface area contributed by atoms with Gasteiger partial charge in [-0.3, -0.25) is 9.59 Å². The molecular formula is C26H36N4O4. The monoisotopic (exact) mass is 468 g/mol. The van der Waals surface area contributed by atoms with Crippen LogP contribution in [-0.4, -0.2) is 76.2 Å². The molecule has 4 rings (SSSR count). The Balaban J connectivity index is 1.53. The Kier molecular flexibility index (Phi) is 8.57. The van der Waals surface area contributed by atoms with Gasteiger partial charge in [-0.1, -0.05) is 37.8 Å². The number of imidazole rings is 1. The first-order valence-corrected chi connectivity index (χ1v) is 12.6. The number of rotatable bonds is 3. The van der Waals surface area contributed by atoms with Gasteiger partial charge in [-0.15, -0.1) is 0 Å². The van der Waals surface area contributed by atoms with Crippen LogP contribution >= 0.6 is 0 Å². The molecule has 1 fully saturated rings. The molecule has 184 valence electrons. The van der Waals surface area contributed by atoms with Crippen LogP contribution in [0.15, 0.2) is 43.0 Å². The van der Waals surface area contributed by atoms with E-state index < -0.39 is 0 Å². The normalized spacial score (nSPS) is 22.7. The number of benzene rings is 1. The summed E-state index contributed by atoms with van der Waals surface area (Å²) in [6, 6.07) is 7.43. The second kappa shape index (κ2) is 12.0. The largest absolute Gasteiger partial charge is 0.485 e. The van der Waals surface area contributed by atoms with Crippen molar-refractivity contribution in [3.63, 3.8) is 0 Å². The highest BCUT2D eigenvalue weighted by Crippen LogP contribution is 2.26. The maximum Gasteiger partial charge on any atom is 0.257 e. The van der Waals surface area contributed by atoms with Gasteiger partial charge in [-0.05, 0) is 31.9 Å². The zero-order valence-corrected chi connectivity index (χ0v) is 20.1. The fraction of sp³-hybridized carbons (Fsp3) is 0.577. The smallest absolute Gasteiger partial charge is 0.257 e. The minimum Gasteiger partial charge on any atom is -0.485 e. The molecule has 1 saturated heterocycles. The van der Waals surface area contributed by atoms with Crippen LogP contribution in [0.5, 0.6) is 5.75 Å². The van der Waals surface area contributed by atoms with Gasteiger partial charge in [0.1, 0.15) is 24.5 Å². The third-order valence-electron chi connectivity index (χ3n) is 6.66. The van der Waals surface area contributed by atoms with E-state index in [1.165, 1.54) is 12.8 Å². The summed E-state index contributed by atoms with van der Waals surface area (Å²) in [5, 5.41) is 0. The summed E-state index contributed by atoms with van der Waals surface area (Å²) in [6.45, 7) is 5.24. The molecule has 0 spiro atoms. The molecule has 3 heterocycles. The Morgan fingerprint density at radius 2 is 1.82 bits per heavy atom. The maximum absolute atomic E-state index is 13.3. The molecule has 0 unspecified atom stereocenters. The van der Waals surface area contributed by atoms with Crippen LogP contribution < -0.4 is 4.74 Å². The fourth-order valence-corrected chi connectivity index (χ4v) is 4.69. The highest BCUT2D eigenvalue weighted by atomic mass is 16.5. The van der Waals surface area contributed by atoms with E-state index in [-0.39, 0.29) is 30.6 Å². The van der Waals surface area contributed by atoms with Gasteiger partial charge < -0.3 is 23.8 Å². The molecule has 2 aliphatic rings. The lowest BCUT2D eigenvalue weighted by Crippen LogP contribution is -2.35. The average Bonchev–Trinajstić information content (AvgIpc) is 3.50. The fourth-order valence-electron chi connectivity index (χ4n) is 4.69. The Bertz CT molecular complexity index is 933. The molecule has 1 aromatic heterocycles. The molecule has 34 heavy (non-hydrogen) atoms.